The lowest BCUT2D eigenvalue weighted by Gasteiger charge is -2.42. The average molecular weight is 355 g/mol. The number of thiophene rings is 1. The molecule has 25 heavy (non-hydrogen) atoms. The second-order valence-corrected chi connectivity index (χ2v) is 9.66. The van der Waals surface area contributed by atoms with Gasteiger partial charge < -0.3 is 0 Å². The Morgan fingerprint density at radius 3 is 1.92 bits per heavy atom. The van der Waals surface area contributed by atoms with Crippen LogP contribution in [0.1, 0.15) is 86.4 Å². The minimum Gasteiger partial charge on any atom is -0.141 e. The molecular formula is C24H34S. The molecule has 0 nitrogen and oxygen atoms in total. The number of rotatable bonds is 2. The van der Waals surface area contributed by atoms with Crippen LogP contribution in [0.2, 0.25) is 0 Å². The molecule has 0 saturated carbocycles. The Morgan fingerprint density at radius 2 is 1.44 bits per heavy atom. The summed E-state index contributed by atoms with van der Waals surface area (Å²) in [6, 6.07) is 9.25. The SMILES string of the molecule is C=C(c1ccc(C)s1)c1cc2c(cc1C)C(C)(C)CCC2(C)C.CC. The standard InChI is InChI=1S/C22H28S.C2H6/c1-14-12-18-19(22(6,7)11-10-21(18,4)5)13-17(14)16(3)20-9-8-15(2)23-20;1-2/h8-9,12-13H,3,10-11H2,1-2,4-7H3;1-2H3. The van der Waals surface area contributed by atoms with Gasteiger partial charge in [-0.3, -0.25) is 0 Å². The molecule has 0 bridgehead atoms. The third kappa shape index (κ3) is 3.77. The Bertz CT molecular complexity index is 771. The van der Waals surface area contributed by atoms with Crippen molar-refractivity contribution in [2.24, 2.45) is 0 Å². The van der Waals surface area contributed by atoms with Crippen LogP contribution in [0.3, 0.4) is 0 Å². The zero-order valence-electron chi connectivity index (χ0n) is 17.3. The van der Waals surface area contributed by atoms with Crippen LogP contribution >= 0.6 is 11.3 Å². The number of fused-ring (bicyclic) bond motifs is 1. The minimum atomic E-state index is 0.249. The Balaban J connectivity index is 0.00000109. The van der Waals surface area contributed by atoms with E-state index in [2.05, 4.69) is 72.4 Å². The monoisotopic (exact) mass is 354 g/mol. The largest absolute Gasteiger partial charge is 0.141 e. The van der Waals surface area contributed by atoms with Gasteiger partial charge in [0, 0.05) is 9.75 Å². The van der Waals surface area contributed by atoms with E-state index in [1.165, 1.54) is 50.4 Å². The smallest absolute Gasteiger partial charge is 0.0345 e. The molecule has 0 unspecified atom stereocenters. The Morgan fingerprint density at radius 1 is 0.920 bits per heavy atom. The number of benzene rings is 1. The molecule has 2 aromatic rings. The zero-order chi connectivity index (χ0) is 19.0. The molecule has 1 heteroatoms. The van der Waals surface area contributed by atoms with Gasteiger partial charge in [0.05, 0.1) is 0 Å². The van der Waals surface area contributed by atoms with Gasteiger partial charge in [0.1, 0.15) is 0 Å². The molecule has 0 amide bonds. The van der Waals surface area contributed by atoms with Gasteiger partial charge in [-0.2, -0.15) is 0 Å². The van der Waals surface area contributed by atoms with Gasteiger partial charge in [0.25, 0.3) is 0 Å². The van der Waals surface area contributed by atoms with Crippen LogP contribution in [0, 0.1) is 13.8 Å². The second-order valence-electron chi connectivity index (χ2n) is 8.37. The highest BCUT2D eigenvalue weighted by atomic mass is 32.1. The molecular weight excluding hydrogens is 320 g/mol. The van der Waals surface area contributed by atoms with E-state index in [0.29, 0.717) is 0 Å². The summed E-state index contributed by atoms with van der Waals surface area (Å²) in [5, 5.41) is 0. The van der Waals surface area contributed by atoms with Crippen molar-refractivity contribution < 1.29 is 0 Å². The predicted octanol–water partition coefficient (Wildman–Crippen LogP) is 7.80. The number of hydrogen-bond donors (Lipinski definition) is 0. The summed E-state index contributed by atoms with van der Waals surface area (Å²) >= 11 is 1.84. The van der Waals surface area contributed by atoms with Crippen LogP contribution in [0.5, 0.6) is 0 Å². The van der Waals surface area contributed by atoms with Gasteiger partial charge >= 0.3 is 0 Å². The van der Waals surface area contributed by atoms with Gasteiger partial charge in [0.15, 0.2) is 0 Å². The van der Waals surface area contributed by atoms with Crippen molar-refractivity contribution >= 4 is 16.9 Å². The summed E-state index contributed by atoms with van der Waals surface area (Å²) in [5.74, 6) is 0. The summed E-state index contributed by atoms with van der Waals surface area (Å²) in [5.41, 5.74) is 7.41. The number of hydrogen-bond acceptors (Lipinski definition) is 1. The lowest BCUT2D eigenvalue weighted by Crippen LogP contribution is -2.34. The van der Waals surface area contributed by atoms with Gasteiger partial charge in [-0.25, -0.2) is 0 Å². The summed E-state index contributed by atoms with van der Waals surface area (Å²) in [4.78, 5) is 2.64. The fraction of sp³-hybridized carbons (Fsp3) is 0.500. The zero-order valence-corrected chi connectivity index (χ0v) is 18.2. The molecule has 136 valence electrons. The van der Waals surface area contributed by atoms with Gasteiger partial charge in [0.2, 0.25) is 0 Å². The topological polar surface area (TPSA) is 0 Å². The summed E-state index contributed by atoms with van der Waals surface area (Å²) < 4.78 is 0. The van der Waals surface area contributed by atoms with Crippen LogP contribution in [-0.4, -0.2) is 0 Å². The first-order valence-electron chi connectivity index (χ1n) is 9.53. The van der Waals surface area contributed by atoms with Gasteiger partial charge in [-0.05, 0) is 77.5 Å². The molecule has 0 radical (unpaired) electrons. The average Bonchev–Trinajstić information content (AvgIpc) is 2.99. The third-order valence-corrected chi connectivity index (χ3v) is 6.62. The van der Waals surface area contributed by atoms with Crippen molar-refractivity contribution in [2.75, 3.05) is 0 Å². The molecule has 3 rings (SSSR count). The highest BCUT2D eigenvalue weighted by Crippen LogP contribution is 2.47. The Kier molecular flexibility index (Phi) is 5.68. The van der Waals surface area contributed by atoms with E-state index in [4.69, 9.17) is 0 Å². The van der Waals surface area contributed by atoms with Crippen molar-refractivity contribution in [3.05, 3.63) is 62.9 Å². The van der Waals surface area contributed by atoms with Gasteiger partial charge in [-0.1, -0.05) is 60.3 Å². The Hall–Kier alpha value is -1.34. The molecule has 1 aromatic heterocycles. The van der Waals surface area contributed by atoms with Crippen molar-refractivity contribution in [1.82, 2.24) is 0 Å². The fourth-order valence-electron chi connectivity index (χ4n) is 3.78. The van der Waals surface area contributed by atoms with E-state index >= 15 is 0 Å². The lowest BCUT2D eigenvalue weighted by molar-refractivity contribution is 0.331. The van der Waals surface area contributed by atoms with Crippen LogP contribution in [-0.2, 0) is 10.8 Å². The summed E-state index contributed by atoms with van der Waals surface area (Å²) in [6.07, 6.45) is 2.51. The maximum Gasteiger partial charge on any atom is 0.0345 e. The minimum absolute atomic E-state index is 0.249. The van der Waals surface area contributed by atoms with Crippen LogP contribution in [0.4, 0.5) is 0 Å². The van der Waals surface area contributed by atoms with E-state index in [-0.39, 0.29) is 10.8 Å². The first-order chi connectivity index (χ1) is 11.6. The number of aryl methyl sites for hydroxylation is 2. The van der Waals surface area contributed by atoms with Crippen LogP contribution in [0.15, 0.2) is 30.8 Å². The van der Waals surface area contributed by atoms with E-state index in [0.717, 1.165) is 0 Å². The van der Waals surface area contributed by atoms with Crippen molar-refractivity contribution in [2.45, 2.75) is 79.1 Å². The van der Waals surface area contributed by atoms with E-state index in [9.17, 15) is 0 Å². The van der Waals surface area contributed by atoms with Crippen LogP contribution in [0.25, 0.3) is 5.57 Å². The van der Waals surface area contributed by atoms with Crippen LogP contribution < -0.4 is 0 Å². The molecule has 1 aliphatic carbocycles. The quantitative estimate of drug-likeness (QED) is 0.516. The molecule has 0 spiro atoms. The van der Waals surface area contributed by atoms with Gasteiger partial charge in [-0.15, -0.1) is 11.3 Å². The summed E-state index contributed by atoms with van der Waals surface area (Å²) in [7, 11) is 0. The molecule has 1 aliphatic rings. The molecule has 0 saturated heterocycles. The molecule has 1 aromatic carbocycles. The van der Waals surface area contributed by atoms with Crippen molar-refractivity contribution in [1.29, 1.82) is 0 Å². The second kappa shape index (κ2) is 7.11. The lowest BCUT2D eigenvalue weighted by atomic mass is 9.62. The maximum absolute atomic E-state index is 4.41. The maximum atomic E-state index is 4.41. The predicted molar refractivity (Wildman–Crippen MR) is 115 cm³/mol. The highest BCUT2D eigenvalue weighted by Gasteiger charge is 2.37. The summed E-state index contributed by atoms with van der Waals surface area (Å²) in [6.45, 7) is 22.4. The molecule has 1 heterocycles. The Labute approximate surface area is 159 Å². The first-order valence-corrected chi connectivity index (χ1v) is 10.4. The highest BCUT2D eigenvalue weighted by molar-refractivity contribution is 7.13. The first kappa shape index (κ1) is 20.0. The molecule has 0 fully saturated rings. The van der Waals surface area contributed by atoms with Crippen molar-refractivity contribution in [3.8, 4) is 0 Å². The molecule has 0 N–H and O–H groups in total. The van der Waals surface area contributed by atoms with E-state index in [1.54, 1.807) is 0 Å². The third-order valence-electron chi connectivity index (χ3n) is 5.56. The molecule has 0 aliphatic heterocycles. The normalized spacial score (nSPS) is 17.3. The van der Waals surface area contributed by atoms with E-state index < -0.39 is 0 Å². The van der Waals surface area contributed by atoms with E-state index in [1.807, 2.05) is 25.2 Å². The molecule has 0 atom stereocenters. The van der Waals surface area contributed by atoms with Crippen molar-refractivity contribution in [3.63, 3.8) is 0 Å². The fourth-order valence-corrected chi connectivity index (χ4v) is 4.63.